The van der Waals surface area contributed by atoms with Gasteiger partial charge in [-0.2, -0.15) is 0 Å². The molecule has 0 fully saturated rings. The zero-order chi connectivity index (χ0) is 33.7. The molecule has 0 aliphatic heterocycles. The van der Waals surface area contributed by atoms with Gasteiger partial charge in [0.25, 0.3) is 0 Å². The van der Waals surface area contributed by atoms with Gasteiger partial charge in [0.15, 0.2) is 11.2 Å². The van der Waals surface area contributed by atoms with Crippen molar-refractivity contribution in [2.24, 2.45) is 0 Å². The van der Waals surface area contributed by atoms with Crippen LogP contribution in [0.5, 0.6) is 0 Å². The summed E-state index contributed by atoms with van der Waals surface area (Å²) < 4.78 is 12.1. The third kappa shape index (κ3) is 5.47. The zero-order valence-corrected chi connectivity index (χ0v) is 29.8. The van der Waals surface area contributed by atoms with E-state index in [1.165, 1.54) is 0 Å². The summed E-state index contributed by atoms with van der Waals surface area (Å²) in [5.41, 5.74) is 11.5. The van der Waals surface area contributed by atoms with Gasteiger partial charge >= 0.3 is 21.1 Å². The first kappa shape index (κ1) is 31.7. The molecule has 0 amide bonds. The second-order valence-electron chi connectivity index (χ2n) is 12.4. The average Bonchev–Trinajstić information content (AvgIpc) is 3.76. The molecule has 4 aromatic heterocycles. The first-order chi connectivity index (χ1) is 25.3. The summed E-state index contributed by atoms with van der Waals surface area (Å²) in [6, 6.07) is 59.1. The van der Waals surface area contributed by atoms with E-state index in [4.69, 9.17) is 18.8 Å². The van der Waals surface area contributed by atoms with Crippen molar-refractivity contribution in [1.82, 2.24) is 9.97 Å². The van der Waals surface area contributed by atoms with E-state index < -0.39 is 0 Å². The number of hydrogen-bond acceptors (Lipinski definition) is 5. The first-order valence-electron chi connectivity index (χ1n) is 16.8. The summed E-state index contributed by atoms with van der Waals surface area (Å²) in [5.74, 6) is 0. The van der Waals surface area contributed by atoms with Gasteiger partial charge in [0.05, 0.1) is 18.1 Å². The SMILES string of the molecule is [Pt+2].[c-]1c(-c2cc3c(cn2)oc2ccccc23)cccc1N(c1[c-]c(-c2cc3c(cn2)oc2ccccc23)ccc1)c1ccccc1-c1ccccc1. The number of rotatable bonds is 6. The molecule has 0 atom stereocenters. The Labute approximate surface area is 314 Å². The van der Waals surface area contributed by atoms with Gasteiger partial charge in [0.2, 0.25) is 0 Å². The molecule has 0 bridgehead atoms. The standard InChI is InChI=1S/C46H27N3O2.Pt/c1-2-12-30(13-3-1)35-18-4-7-21-42(35)49(33-16-10-14-31(24-33)40-26-38-36-19-5-8-22-43(36)50-45(38)28-47-40)34-17-11-15-32(25-34)41-27-39-37-20-6-9-23-44(37)51-46(39)29-48-41;/h1-23,26-29H;/q-2;+2. The second-order valence-corrected chi connectivity index (χ2v) is 12.4. The Hall–Kier alpha value is -6.29. The van der Waals surface area contributed by atoms with Crippen LogP contribution >= 0.6 is 0 Å². The van der Waals surface area contributed by atoms with Crippen molar-refractivity contribution in [2.75, 3.05) is 4.90 Å². The number of nitrogens with zero attached hydrogens (tertiary/aromatic N) is 3. The molecule has 5 nitrogen and oxygen atoms in total. The number of furan rings is 2. The van der Waals surface area contributed by atoms with Crippen LogP contribution in [0.4, 0.5) is 17.1 Å². The normalized spacial score (nSPS) is 11.3. The van der Waals surface area contributed by atoms with Gasteiger partial charge in [-0.15, -0.1) is 59.7 Å². The van der Waals surface area contributed by atoms with Crippen LogP contribution in [0.15, 0.2) is 173 Å². The average molecular weight is 849 g/mol. The largest absolute Gasteiger partial charge is 2.00 e. The van der Waals surface area contributed by atoms with Crippen molar-refractivity contribution in [2.45, 2.75) is 0 Å². The van der Waals surface area contributed by atoms with E-state index in [9.17, 15) is 0 Å². The fraction of sp³-hybridized carbons (Fsp3) is 0. The molecule has 10 aromatic rings. The Morgan fingerprint density at radius 2 is 0.942 bits per heavy atom. The van der Waals surface area contributed by atoms with Crippen molar-refractivity contribution in [3.05, 3.63) is 176 Å². The monoisotopic (exact) mass is 848 g/mol. The molecule has 6 aromatic carbocycles. The molecule has 4 heterocycles. The van der Waals surface area contributed by atoms with Gasteiger partial charge < -0.3 is 23.7 Å². The molecule has 248 valence electrons. The smallest absolute Gasteiger partial charge is 0.455 e. The maximum atomic E-state index is 6.07. The number of hydrogen-bond donors (Lipinski definition) is 0. The third-order valence-corrected chi connectivity index (χ3v) is 9.35. The van der Waals surface area contributed by atoms with Gasteiger partial charge in [-0.05, 0) is 46.5 Å². The summed E-state index contributed by atoms with van der Waals surface area (Å²) in [7, 11) is 0. The van der Waals surface area contributed by atoms with E-state index in [0.717, 1.165) is 94.6 Å². The predicted molar refractivity (Wildman–Crippen MR) is 205 cm³/mol. The molecule has 52 heavy (non-hydrogen) atoms. The number of para-hydroxylation sites is 3. The third-order valence-electron chi connectivity index (χ3n) is 9.35. The molecule has 0 spiro atoms. The van der Waals surface area contributed by atoms with E-state index in [2.05, 4.69) is 126 Å². The van der Waals surface area contributed by atoms with Crippen molar-refractivity contribution in [3.63, 3.8) is 0 Å². The first-order valence-corrected chi connectivity index (χ1v) is 16.8. The Morgan fingerprint density at radius 3 is 1.52 bits per heavy atom. The van der Waals surface area contributed by atoms with Crippen LogP contribution in [0.25, 0.3) is 77.5 Å². The number of pyridine rings is 2. The van der Waals surface area contributed by atoms with Crippen LogP contribution < -0.4 is 4.90 Å². The van der Waals surface area contributed by atoms with Crippen LogP contribution in [-0.4, -0.2) is 9.97 Å². The van der Waals surface area contributed by atoms with Gasteiger partial charge in [-0.3, -0.25) is 0 Å². The molecule has 0 N–H and O–H groups in total. The van der Waals surface area contributed by atoms with Gasteiger partial charge in [-0.1, -0.05) is 97.1 Å². The molecule has 0 unspecified atom stereocenters. The Bertz CT molecular complexity index is 2740. The summed E-state index contributed by atoms with van der Waals surface area (Å²) in [5, 5.41) is 4.17. The van der Waals surface area contributed by atoms with Gasteiger partial charge in [0.1, 0.15) is 11.2 Å². The van der Waals surface area contributed by atoms with Crippen LogP contribution in [0, 0.1) is 12.1 Å². The summed E-state index contributed by atoms with van der Waals surface area (Å²) >= 11 is 0. The molecular weight excluding hydrogens is 822 g/mol. The van der Waals surface area contributed by atoms with Crippen molar-refractivity contribution < 1.29 is 29.9 Å². The maximum absolute atomic E-state index is 6.07. The van der Waals surface area contributed by atoms with Crippen molar-refractivity contribution in [3.8, 4) is 33.6 Å². The summed E-state index contributed by atoms with van der Waals surface area (Å²) in [6.45, 7) is 0. The Balaban J connectivity index is 0.00000360. The van der Waals surface area contributed by atoms with Gasteiger partial charge in [0, 0.05) is 27.1 Å². The summed E-state index contributed by atoms with van der Waals surface area (Å²) in [4.78, 5) is 11.8. The fourth-order valence-electron chi connectivity index (χ4n) is 6.95. The number of anilines is 3. The molecule has 0 radical (unpaired) electrons. The minimum atomic E-state index is 0. The van der Waals surface area contributed by atoms with E-state index in [-0.39, 0.29) is 21.1 Å². The maximum Gasteiger partial charge on any atom is 2.00 e. The van der Waals surface area contributed by atoms with E-state index in [1.54, 1.807) is 12.4 Å². The number of aromatic nitrogens is 2. The number of fused-ring (bicyclic) bond motifs is 6. The fourth-order valence-corrected chi connectivity index (χ4v) is 6.95. The van der Waals surface area contributed by atoms with Crippen LogP contribution in [-0.2, 0) is 21.1 Å². The number of benzene rings is 6. The molecule has 0 saturated carbocycles. The van der Waals surface area contributed by atoms with Crippen LogP contribution in [0.2, 0.25) is 0 Å². The Morgan fingerprint density at radius 1 is 0.442 bits per heavy atom. The topological polar surface area (TPSA) is 55.3 Å². The molecule has 6 heteroatoms. The van der Waals surface area contributed by atoms with E-state index in [1.807, 2.05) is 42.5 Å². The zero-order valence-electron chi connectivity index (χ0n) is 27.6. The minimum Gasteiger partial charge on any atom is -0.455 e. The van der Waals surface area contributed by atoms with Crippen LogP contribution in [0.3, 0.4) is 0 Å². The van der Waals surface area contributed by atoms with E-state index >= 15 is 0 Å². The predicted octanol–water partition coefficient (Wildman–Crippen LogP) is 12.3. The van der Waals surface area contributed by atoms with Crippen LogP contribution in [0.1, 0.15) is 0 Å². The van der Waals surface area contributed by atoms with E-state index in [0.29, 0.717) is 0 Å². The second kappa shape index (κ2) is 13.1. The Kier molecular flexibility index (Phi) is 7.99. The minimum absolute atomic E-state index is 0. The van der Waals surface area contributed by atoms with Gasteiger partial charge in [-0.25, -0.2) is 0 Å². The molecule has 0 aliphatic rings. The molecule has 10 rings (SSSR count). The summed E-state index contributed by atoms with van der Waals surface area (Å²) in [6.07, 6.45) is 3.61. The molecule has 0 aliphatic carbocycles. The van der Waals surface area contributed by atoms with Crippen molar-refractivity contribution >= 4 is 60.9 Å². The molecule has 0 saturated heterocycles. The molecular formula is C46H27N3O2Pt. The van der Waals surface area contributed by atoms with Crippen molar-refractivity contribution in [1.29, 1.82) is 0 Å². The quantitative estimate of drug-likeness (QED) is 0.156.